The number of carbonyl (C=O) groups excluding carboxylic acids is 1. The fourth-order valence-corrected chi connectivity index (χ4v) is 2.57. The van der Waals surface area contributed by atoms with Gasteiger partial charge in [-0.15, -0.1) is 0 Å². The minimum absolute atomic E-state index is 0.230. The number of rotatable bonds is 5. The minimum atomic E-state index is -0.230. The molecule has 1 aromatic heterocycles. The lowest BCUT2D eigenvalue weighted by molar-refractivity contribution is 0.0956. The average molecular weight is 321 g/mol. The molecule has 122 valence electrons. The molecule has 0 saturated heterocycles. The smallest absolute Gasteiger partial charge is 0.273 e. The molecule has 0 fully saturated rings. The summed E-state index contributed by atoms with van der Waals surface area (Å²) in [4.78, 5) is 15.5. The highest BCUT2D eigenvalue weighted by molar-refractivity contribution is 6.07. The van der Waals surface area contributed by atoms with Crippen molar-refractivity contribution in [2.24, 2.45) is 5.10 Å². The number of H-pyrrole nitrogens is 1. The van der Waals surface area contributed by atoms with Gasteiger partial charge in [-0.05, 0) is 42.3 Å². The zero-order chi connectivity index (χ0) is 16.9. The monoisotopic (exact) mass is 321 g/mol. The van der Waals surface area contributed by atoms with E-state index >= 15 is 0 Å². The molecule has 0 aliphatic heterocycles. The van der Waals surface area contributed by atoms with Crippen LogP contribution >= 0.6 is 0 Å². The molecule has 2 aromatic carbocycles. The SMILES string of the molecule is CCC(=NNC(=O)c1c[nH]c2ccccc12)c1ccc(OC)cc1. The first-order chi connectivity index (χ1) is 11.7. The second kappa shape index (κ2) is 7.00. The number of amides is 1. The maximum atomic E-state index is 12.4. The molecule has 0 saturated carbocycles. The van der Waals surface area contributed by atoms with Crippen molar-refractivity contribution in [3.8, 4) is 5.75 Å². The Kier molecular flexibility index (Phi) is 4.61. The fraction of sp³-hybridized carbons (Fsp3) is 0.158. The van der Waals surface area contributed by atoms with E-state index in [1.165, 1.54) is 0 Å². The average Bonchev–Trinajstić information content (AvgIpc) is 3.07. The third kappa shape index (κ3) is 3.15. The van der Waals surface area contributed by atoms with Gasteiger partial charge in [-0.1, -0.05) is 25.1 Å². The Hall–Kier alpha value is -3.08. The summed E-state index contributed by atoms with van der Waals surface area (Å²) in [6.07, 6.45) is 2.41. The molecule has 1 heterocycles. The van der Waals surface area contributed by atoms with Gasteiger partial charge in [-0.2, -0.15) is 5.10 Å². The van der Waals surface area contributed by atoms with E-state index < -0.39 is 0 Å². The van der Waals surface area contributed by atoms with E-state index in [1.807, 2.05) is 55.5 Å². The van der Waals surface area contributed by atoms with Crippen LogP contribution in [0.1, 0.15) is 29.3 Å². The Morgan fingerprint density at radius 3 is 2.62 bits per heavy atom. The van der Waals surface area contributed by atoms with Crippen LogP contribution < -0.4 is 10.2 Å². The Morgan fingerprint density at radius 2 is 1.92 bits per heavy atom. The van der Waals surface area contributed by atoms with Crippen LogP contribution in [0.25, 0.3) is 10.9 Å². The fourth-order valence-electron chi connectivity index (χ4n) is 2.57. The van der Waals surface area contributed by atoms with Crippen LogP contribution in [0, 0.1) is 0 Å². The first-order valence-electron chi connectivity index (χ1n) is 7.80. The Bertz CT molecular complexity index is 879. The van der Waals surface area contributed by atoms with Gasteiger partial charge in [0, 0.05) is 17.1 Å². The van der Waals surface area contributed by atoms with E-state index in [1.54, 1.807) is 13.3 Å². The highest BCUT2D eigenvalue weighted by Crippen LogP contribution is 2.17. The molecule has 5 heteroatoms. The quantitative estimate of drug-likeness (QED) is 0.555. The predicted octanol–water partition coefficient (Wildman–Crippen LogP) is 3.72. The van der Waals surface area contributed by atoms with E-state index in [4.69, 9.17) is 4.74 Å². The van der Waals surface area contributed by atoms with Crippen LogP contribution in [0.2, 0.25) is 0 Å². The molecule has 3 rings (SSSR count). The van der Waals surface area contributed by atoms with Crippen molar-refractivity contribution in [3.05, 3.63) is 65.9 Å². The highest BCUT2D eigenvalue weighted by atomic mass is 16.5. The van der Waals surface area contributed by atoms with Crippen molar-refractivity contribution in [2.75, 3.05) is 7.11 Å². The molecule has 24 heavy (non-hydrogen) atoms. The molecule has 0 aliphatic carbocycles. The van der Waals surface area contributed by atoms with E-state index in [2.05, 4.69) is 15.5 Å². The molecule has 0 bridgehead atoms. The molecule has 2 N–H and O–H groups in total. The normalized spacial score (nSPS) is 11.5. The van der Waals surface area contributed by atoms with Crippen molar-refractivity contribution in [1.29, 1.82) is 0 Å². The lowest BCUT2D eigenvalue weighted by atomic mass is 10.1. The topological polar surface area (TPSA) is 66.5 Å². The van der Waals surface area contributed by atoms with E-state index in [9.17, 15) is 4.79 Å². The molecule has 0 atom stereocenters. The molecule has 0 spiro atoms. The van der Waals surface area contributed by atoms with Crippen LogP contribution in [0.15, 0.2) is 59.8 Å². The largest absolute Gasteiger partial charge is 0.497 e. The molecule has 3 aromatic rings. The second-order valence-electron chi connectivity index (χ2n) is 5.33. The standard InChI is InChI=1S/C19H19N3O2/c1-3-17(13-8-10-14(24-2)11-9-13)21-22-19(23)16-12-20-18-7-5-4-6-15(16)18/h4-12,20H,3H2,1-2H3,(H,22,23). The summed E-state index contributed by atoms with van der Waals surface area (Å²) in [5, 5.41) is 5.18. The van der Waals surface area contributed by atoms with Gasteiger partial charge in [0.05, 0.1) is 18.4 Å². The summed E-state index contributed by atoms with van der Waals surface area (Å²) in [7, 11) is 1.63. The van der Waals surface area contributed by atoms with Crippen molar-refractivity contribution >= 4 is 22.5 Å². The van der Waals surface area contributed by atoms with E-state index in [0.717, 1.165) is 27.9 Å². The van der Waals surface area contributed by atoms with Gasteiger partial charge in [0.2, 0.25) is 0 Å². The van der Waals surface area contributed by atoms with Crippen molar-refractivity contribution < 1.29 is 9.53 Å². The lowest BCUT2D eigenvalue weighted by Gasteiger charge is -2.06. The third-order valence-corrected chi connectivity index (χ3v) is 3.88. The van der Waals surface area contributed by atoms with Crippen LogP contribution in [0.3, 0.4) is 0 Å². The van der Waals surface area contributed by atoms with Crippen LogP contribution in [0.5, 0.6) is 5.75 Å². The number of benzene rings is 2. The summed E-state index contributed by atoms with van der Waals surface area (Å²) < 4.78 is 5.16. The van der Waals surface area contributed by atoms with Gasteiger partial charge >= 0.3 is 0 Å². The zero-order valence-corrected chi connectivity index (χ0v) is 13.7. The number of aromatic nitrogens is 1. The number of hydrazone groups is 1. The Balaban J connectivity index is 1.80. The Morgan fingerprint density at radius 1 is 1.17 bits per heavy atom. The molecule has 0 radical (unpaired) electrons. The first kappa shape index (κ1) is 15.8. The number of hydrogen-bond acceptors (Lipinski definition) is 3. The van der Waals surface area contributed by atoms with E-state index in [-0.39, 0.29) is 5.91 Å². The number of fused-ring (bicyclic) bond motifs is 1. The Labute approximate surface area is 140 Å². The van der Waals surface area contributed by atoms with Crippen molar-refractivity contribution in [3.63, 3.8) is 0 Å². The van der Waals surface area contributed by atoms with Crippen molar-refractivity contribution in [1.82, 2.24) is 10.4 Å². The number of methoxy groups -OCH3 is 1. The number of carbonyl (C=O) groups is 1. The summed E-state index contributed by atoms with van der Waals surface area (Å²) in [6, 6.07) is 15.3. The predicted molar refractivity (Wildman–Crippen MR) is 95.6 cm³/mol. The zero-order valence-electron chi connectivity index (χ0n) is 13.7. The highest BCUT2D eigenvalue weighted by Gasteiger charge is 2.11. The van der Waals surface area contributed by atoms with Crippen LogP contribution in [-0.2, 0) is 0 Å². The maximum Gasteiger partial charge on any atom is 0.273 e. The van der Waals surface area contributed by atoms with Crippen LogP contribution in [0.4, 0.5) is 0 Å². The van der Waals surface area contributed by atoms with Gasteiger partial charge in [0.1, 0.15) is 5.75 Å². The molecular weight excluding hydrogens is 302 g/mol. The lowest BCUT2D eigenvalue weighted by Crippen LogP contribution is -2.19. The number of ether oxygens (including phenoxy) is 1. The third-order valence-electron chi connectivity index (χ3n) is 3.88. The molecule has 1 amide bonds. The number of nitrogens with zero attached hydrogens (tertiary/aromatic N) is 1. The van der Waals surface area contributed by atoms with Gasteiger partial charge < -0.3 is 9.72 Å². The molecular formula is C19H19N3O2. The molecule has 5 nitrogen and oxygen atoms in total. The molecule has 0 unspecified atom stereocenters. The first-order valence-corrected chi connectivity index (χ1v) is 7.80. The van der Waals surface area contributed by atoms with Crippen molar-refractivity contribution in [2.45, 2.75) is 13.3 Å². The van der Waals surface area contributed by atoms with Crippen LogP contribution in [-0.4, -0.2) is 23.7 Å². The summed E-state index contributed by atoms with van der Waals surface area (Å²) in [6.45, 7) is 2.00. The molecule has 0 aliphatic rings. The summed E-state index contributed by atoms with van der Waals surface area (Å²) >= 11 is 0. The summed E-state index contributed by atoms with van der Waals surface area (Å²) in [5.41, 5.74) is 5.93. The van der Waals surface area contributed by atoms with Gasteiger partial charge in [0.15, 0.2) is 0 Å². The van der Waals surface area contributed by atoms with Gasteiger partial charge in [0.25, 0.3) is 5.91 Å². The number of aromatic amines is 1. The number of para-hydroxylation sites is 1. The second-order valence-corrected chi connectivity index (χ2v) is 5.33. The van der Waals surface area contributed by atoms with E-state index in [0.29, 0.717) is 12.0 Å². The number of nitrogens with one attached hydrogen (secondary N) is 2. The number of hydrogen-bond donors (Lipinski definition) is 2. The summed E-state index contributed by atoms with van der Waals surface area (Å²) in [5.74, 6) is 0.559. The van der Waals surface area contributed by atoms with Gasteiger partial charge in [-0.25, -0.2) is 5.43 Å². The van der Waals surface area contributed by atoms with Gasteiger partial charge in [-0.3, -0.25) is 4.79 Å². The maximum absolute atomic E-state index is 12.4. The minimum Gasteiger partial charge on any atom is -0.497 e.